The molecule has 1 aromatic heterocycles. The van der Waals surface area contributed by atoms with E-state index >= 15 is 0 Å². The van der Waals surface area contributed by atoms with E-state index < -0.39 is 6.10 Å². The Hall–Kier alpha value is -0.330. The molecule has 2 N–H and O–H groups in total. The molecule has 0 aliphatic heterocycles. The van der Waals surface area contributed by atoms with E-state index in [1.807, 2.05) is 6.07 Å². The maximum absolute atomic E-state index is 9.69. The second-order valence-corrected chi connectivity index (χ2v) is 4.95. The largest absolute Gasteiger partial charge is 0.391 e. The number of pyridine rings is 1. The number of halogens is 1. The molecule has 0 radical (unpaired) electrons. The number of hydrogen-bond acceptors (Lipinski definition) is 5. The lowest BCUT2D eigenvalue weighted by atomic mass is 10.4. The summed E-state index contributed by atoms with van der Waals surface area (Å²) in [5.41, 5.74) is 0. The second-order valence-electron chi connectivity index (χ2n) is 3.48. The SMILES string of the molecule is COCCNCC(O)CSc1ccc(Cl)cn1. The van der Waals surface area contributed by atoms with Gasteiger partial charge in [-0.3, -0.25) is 0 Å². The van der Waals surface area contributed by atoms with Gasteiger partial charge in [0.25, 0.3) is 0 Å². The summed E-state index contributed by atoms with van der Waals surface area (Å²) in [7, 11) is 1.65. The summed E-state index contributed by atoms with van der Waals surface area (Å²) in [5, 5.41) is 14.3. The Balaban J connectivity index is 2.14. The topological polar surface area (TPSA) is 54.4 Å². The van der Waals surface area contributed by atoms with Crippen LogP contribution in [0.15, 0.2) is 23.4 Å². The monoisotopic (exact) mass is 276 g/mol. The lowest BCUT2D eigenvalue weighted by Gasteiger charge is -2.10. The summed E-state index contributed by atoms with van der Waals surface area (Å²) in [6.45, 7) is 1.96. The molecule has 4 nitrogen and oxygen atoms in total. The molecule has 0 aliphatic rings. The molecule has 0 fully saturated rings. The molecule has 6 heteroatoms. The first-order valence-corrected chi connectivity index (χ1v) is 6.71. The van der Waals surface area contributed by atoms with Crippen LogP contribution in [0, 0.1) is 0 Å². The normalized spacial score (nSPS) is 12.6. The van der Waals surface area contributed by atoms with Gasteiger partial charge >= 0.3 is 0 Å². The van der Waals surface area contributed by atoms with Gasteiger partial charge in [0, 0.05) is 32.1 Å². The lowest BCUT2D eigenvalue weighted by molar-refractivity contribution is 0.175. The third kappa shape index (κ3) is 6.85. The molecule has 1 unspecified atom stereocenters. The van der Waals surface area contributed by atoms with Crippen LogP contribution < -0.4 is 5.32 Å². The molecule has 96 valence electrons. The fraction of sp³-hybridized carbons (Fsp3) is 0.545. The number of methoxy groups -OCH3 is 1. The molecule has 0 spiro atoms. The van der Waals surface area contributed by atoms with E-state index in [4.69, 9.17) is 16.3 Å². The summed E-state index contributed by atoms with van der Waals surface area (Å²) >= 11 is 7.24. The van der Waals surface area contributed by atoms with Gasteiger partial charge in [0.1, 0.15) is 0 Å². The lowest BCUT2D eigenvalue weighted by Crippen LogP contribution is -2.30. The van der Waals surface area contributed by atoms with E-state index in [0.29, 0.717) is 23.9 Å². The number of nitrogens with one attached hydrogen (secondary N) is 1. The molecule has 1 aromatic rings. The smallest absolute Gasteiger partial charge is 0.0961 e. The van der Waals surface area contributed by atoms with Gasteiger partial charge in [-0.25, -0.2) is 4.98 Å². The minimum absolute atomic E-state index is 0.394. The highest BCUT2D eigenvalue weighted by Crippen LogP contribution is 2.17. The van der Waals surface area contributed by atoms with E-state index in [2.05, 4.69) is 10.3 Å². The summed E-state index contributed by atoms with van der Waals surface area (Å²) in [6, 6.07) is 3.64. The summed E-state index contributed by atoms with van der Waals surface area (Å²) in [4.78, 5) is 4.14. The van der Waals surface area contributed by atoms with Gasteiger partial charge in [0.05, 0.1) is 22.8 Å². The van der Waals surface area contributed by atoms with Crippen molar-refractivity contribution in [2.45, 2.75) is 11.1 Å². The standard InChI is InChI=1S/C11H17ClN2O2S/c1-16-5-4-13-7-10(15)8-17-11-3-2-9(12)6-14-11/h2-3,6,10,13,15H,4-5,7-8H2,1H3. The number of rotatable bonds is 8. The van der Waals surface area contributed by atoms with Crippen molar-refractivity contribution in [3.63, 3.8) is 0 Å². The predicted octanol–water partition coefficient (Wildman–Crippen LogP) is 1.42. The minimum Gasteiger partial charge on any atom is -0.391 e. The highest BCUT2D eigenvalue weighted by molar-refractivity contribution is 7.99. The van der Waals surface area contributed by atoms with Crippen molar-refractivity contribution in [3.8, 4) is 0 Å². The number of thioether (sulfide) groups is 1. The Morgan fingerprint density at radius 3 is 3.06 bits per heavy atom. The zero-order chi connectivity index (χ0) is 12.5. The van der Waals surface area contributed by atoms with Crippen LogP contribution in [-0.2, 0) is 4.74 Å². The number of aliphatic hydroxyl groups is 1. The molecular formula is C11H17ClN2O2S. The predicted molar refractivity (Wildman–Crippen MR) is 70.7 cm³/mol. The molecule has 1 heterocycles. The zero-order valence-corrected chi connectivity index (χ0v) is 11.3. The summed E-state index contributed by atoms with van der Waals surface area (Å²) in [5.74, 6) is 0.606. The van der Waals surface area contributed by atoms with Gasteiger partial charge in [0.15, 0.2) is 0 Å². The van der Waals surface area contributed by atoms with E-state index in [1.165, 1.54) is 11.8 Å². The average Bonchev–Trinajstić information content (AvgIpc) is 2.34. The van der Waals surface area contributed by atoms with Crippen LogP contribution in [-0.4, -0.2) is 48.8 Å². The Labute approximate surface area is 111 Å². The Kier molecular flexibility index (Phi) is 7.55. The molecular weight excluding hydrogens is 260 g/mol. The van der Waals surface area contributed by atoms with Crippen LogP contribution >= 0.6 is 23.4 Å². The quantitative estimate of drug-likeness (QED) is 0.556. The molecule has 1 atom stereocenters. The maximum atomic E-state index is 9.69. The van der Waals surface area contributed by atoms with Crippen molar-refractivity contribution in [2.75, 3.05) is 32.6 Å². The third-order valence-electron chi connectivity index (χ3n) is 1.99. The maximum Gasteiger partial charge on any atom is 0.0961 e. The van der Waals surface area contributed by atoms with Crippen LogP contribution in [0.25, 0.3) is 0 Å². The van der Waals surface area contributed by atoms with Gasteiger partial charge in [-0.05, 0) is 12.1 Å². The number of aliphatic hydroxyl groups excluding tert-OH is 1. The zero-order valence-electron chi connectivity index (χ0n) is 9.73. The van der Waals surface area contributed by atoms with Crippen LogP contribution in [0.5, 0.6) is 0 Å². The first-order valence-electron chi connectivity index (χ1n) is 5.34. The highest BCUT2D eigenvalue weighted by Gasteiger charge is 2.05. The van der Waals surface area contributed by atoms with Crippen LogP contribution in [0.4, 0.5) is 0 Å². The first kappa shape index (κ1) is 14.7. The summed E-state index contributed by atoms with van der Waals surface area (Å²) < 4.78 is 4.89. The van der Waals surface area contributed by atoms with Gasteiger partial charge in [0.2, 0.25) is 0 Å². The van der Waals surface area contributed by atoms with Crippen molar-refractivity contribution in [3.05, 3.63) is 23.4 Å². The number of ether oxygens (including phenoxy) is 1. The van der Waals surface area contributed by atoms with E-state index in [9.17, 15) is 5.11 Å². The highest BCUT2D eigenvalue weighted by atomic mass is 35.5. The van der Waals surface area contributed by atoms with Gasteiger partial charge in [-0.1, -0.05) is 11.6 Å². The van der Waals surface area contributed by atoms with Crippen molar-refractivity contribution >= 4 is 23.4 Å². The second kappa shape index (κ2) is 8.72. The molecule has 1 rings (SSSR count). The Morgan fingerprint density at radius 2 is 2.41 bits per heavy atom. The van der Waals surface area contributed by atoms with Crippen LogP contribution in [0.3, 0.4) is 0 Å². The first-order chi connectivity index (χ1) is 8.22. The van der Waals surface area contributed by atoms with Crippen LogP contribution in [0.2, 0.25) is 5.02 Å². The van der Waals surface area contributed by atoms with Gasteiger partial charge in [-0.15, -0.1) is 11.8 Å². The van der Waals surface area contributed by atoms with E-state index in [0.717, 1.165) is 11.6 Å². The molecule has 0 saturated carbocycles. The molecule has 0 bridgehead atoms. The van der Waals surface area contributed by atoms with Crippen molar-refractivity contribution in [1.29, 1.82) is 0 Å². The number of nitrogens with zero attached hydrogens (tertiary/aromatic N) is 1. The molecule has 0 amide bonds. The fourth-order valence-electron chi connectivity index (χ4n) is 1.13. The number of aromatic nitrogens is 1. The molecule has 17 heavy (non-hydrogen) atoms. The Bertz CT molecular complexity index is 311. The molecule has 0 saturated heterocycles. The van der Waals surface area contributed by atoms with E-state index in [1.54, 1.807) is 19.4 Å². The van der Waals surface area contributed by atoms with Crippen molar-refractivity contribution < 1.29 is 9.84 Å². The van der Waals surface area contributed by atoms with Crippen molar-refractivity contribution in [2.24, 2.45) is 0 Å². The fourth-order valence-corrected chi connectivity index (χ4v) is 2.02. The van der Waals surface area contributed by atoms with E-state index in [-0.39, 0.29) is 0 Å². The Morgan fingerprint density at radius 1 is 1.59 bits per heavy atom. The third-order valence-corrected chi connectivity index (χ3v) is 3.30. The molecule has 0 aromatic carbocycles. The average molecular weight is 277 g/mol. The van der Waals surface area contributed by atoms with Crippen LogP contribution in [0.1, 0.15) is 0 Å². The van der Waals surface area contributed by atoms with Gasteiger partial charge < -0.3 is 15.2 Å². The number of hydrogen-bond donors (Lipinski definition) is 2. The summed E-state index contributed by atoms with van der Waals surface area (Å²) in [6.07, 6.45) is 1.21. The van der Waals surface area contributed by atoms with Crippen molar-refractivity contribution in [1.82, 2.24) is 10.3 Å². The van der Waals surface area contributed by atoms with Gasteiger partial charge in [-0.2, -0.15) is 0 Å². The molecule has 0 aliphatic carbocycles. The minimum atomic E-state index is -0.394.